The number of oxime groups is 1. The Labute approximate surface area is 218 Å². The number of carboxylic acids is 1. The molecule has 6 N–H and O–H groups in total. The number of rotatable bonds is 9. The molecule has 36 heavy (non-hydrogen) atoms. The molecule has 0 bridgehead atoms. The summed E-state index contributed by atoms with van der Waals surface area (Å²) in [6.45, 7) is 1.89. The normalized spacial score (nSPS) is 19.5. The molecule has 3 heterocycles. The summed E-state index contributed by atoms with van der Waals surface area (Å²) in [4.78, 5) is 48.1. The van der Waals surface area contributed by atoms with Crippen molar-refractivity contribution in [2.24, 2.45) is 5.16 Å². The van der Waals surface area contributed by atoms with Crippen LogP contribution in [0.15, 0.2) is 40.0 Å². The zero-order valence-corrected chi connectivity index (χ0v) is 21.5. The number of thiazole rings is 1. The molecule has 15 heteroatoms. The van der Waals surface area contributed by atoms with Gasteiger partial charge in [0.25, 0.3) is 11.8 Å². The van der Waals surface area contributed by atoms with Gasteiger partial charge in [0.05, 0.1) is 0 Å². The minimum absolute atomic E-state index is 0.0835. The number of aliphatic carboxylic acids is 1. The third-order valence-corrected chi connectivity index (χ3v) is 7.76. The van der Waals surface area contributed by atoms with E-state index in [1.807, 2.05) is 25.1 Å². The van der Waals surface area contributed by atoms with Crippen LogP contribution in [0.4, 0.5) is 10.8 Å². The topological polar surface area (TPSA) is 179 Å². The third kappa shape index (κ3) is 5.13. The maximum absolute atomic E-state index is 13.0. The van der Waals surface area contributed by atoms with E-state index in [2.05, 4.69) is 20.2 Å². The van der Waals surface area contributed by atoms with Gasteiger partial charge in [0.2, 0.25) is 0 Å². The summed E-state index contributed by atoms with van der Waals surface area (Å²) in [7, 11) is 1.28. The van der Waals surface area contributed by atoms with Crippen LogP contribution >= 0.6 is 35.3 Å². The molecule has 2 aliphatic heterocycles. The maximum atomic E-state index is 13.0. The number of thioether (sulfide) groups is 1. The SMILES string of the molecule is CO/N=C(\C(=O)NC1C(=O)N2C(C(=O)O)=C(Cc3cc(C)cc(NSO)c3)CSC12)c1csc(N)n1. The lowest BCUT2D eigenvalue weighted by Crippen LogP contribution is -2.71. The molecular formula is C21H22N6O6S3. The number of nitrogens with one attached hydrogen (secondary N) is 2. The Balaban J connectivity index is 1.54. The van der Waals surface area contributed by atoms with E-state index in [0.29, 0.717) is 35.7 Å². The van der Waals surface area contributed by atoms with Gasteiger partial charge in [-0.2, -0.15) is 0 Å². The molecule has 4 rings (SSSR count). The summed E-state index contributed by atoms with van der Waals surface area (Å²) in [5, 5.41) is 17.5. The van der Waals surface area contributed by atoms with E-state index in [-0.39, 0.29) is 22.2 Å². The molecule has 0 spiro atoms. The molecule has 2 aromatic rings. The van der Waals surface area contributed by atoms with Crippen molar-refractivity contribution in [3.63, 3.8) is 0 Å². The van der Waals surface area contributed by atoms with Gasteiger partial charge in [-0.05, 0) is 42.2 Å². The Morgan fingerprint density at radius 3 is 2.81 bits per heavy atom. The third-order valence-electron chi connectivity index (χ3n) is 5.42. The predicted molar refractivity (Wildman–Crippen MR) is 138 cm³/mol. The molecule has 2 atom stereocenters. The molecular weight excluding hydrogens is 528 g/mol. The monoisotopic (exact) mass is 550 g/mol. The van der Waals surface area contributed by atoms with Crippen LogP contribution in [0.25, 0.3) is 0 Å². The number of β-lactam (4-membered cyclic amide) rings is 1. The minimum Gasteiger partial charge on any atom is -0.477 e. The van der Waals surface area contributed by atoms with Gasteiger partial charge in [-0.3, -0.25) is 14.5 Å². The number of carbonyl (C=O) groups is 3. The van der Waals surface area contributed by atoms with Crippen molar-refractivity contribution >= 4 is 69.6 Å². The van der Waals surface area contributed by atoms with E-state index in [0.717, 1.165) is 22.5 Å². The van der Waals surface area contributed by atoms with E-state index in [4.69, 9.17) is 15.1 Å². The molecule has 190 valence electrons. The molecule has 1 fully saturated rings. The van der Waals surface area contributed by atoms with Crippen molar-refractivity contribution in [1.29, 1.82) is 0 Å². The van der Waals surface area contributed by atoms with Gasteiger partial charge >= 0.3 is 5.97 Å². The first-order valence-electron chi connectivity index (χ1n) is 10.4. The Kier molecular flexibility index (Phi) is 7.73. The highest BCUT2D eigenvalue weighted by molar-refractivity contribution is 8.00. The van der Waals surface area contributed by atoms with Gasteiger partial charge in [0, 0.05) is 16.8 Å². The number of carbonyl (C=O) groups excluding carboxylic acids is 2. The lowest BCUT2D eigenvalue weighted by atomic mass is 9.97. The van der Waals surface area contributed by atoms with Crippen molar-refractivity contribution in [3.05, 3.63) is 51.7 Å². The molecule has 0 saturated carbocycles. The highest BCUT2D eigenvalue weighted by atomic mass is 32.2. The summed E-state index contributed by atoms with van der Waals surface area (Å²) >= 11 is 2.96. The maximum Gasteiger partial charge on any atom is 0.352 e. The molecule has 1 aromatic carbocycles. The second kappa shape index (κ2) is 10.8. The van der Waals surface area contributed by atoms with E-state index in [9.17, 15) is 19.5 Å². The Morgan fingerprint density at radius 2 is 2.17 bits per heavy atom. The Bertz CT molecular complexity index is 1280. The molecule has 2 aliphatic rings. The number of hydrogen-bond acceptors (Lipinski definition) is 12. The fraction of sp³-hybridized carbons (Fsp3) is 0.286. The number of fused-ring (bicyclic) bond motifs is 1. The fourth-order valence-corrected chi connectivity index (χ4v) is 6.16. The van der Waals surface area contributed by atoms with Crippen LogP contribution in [-0.4, -0.2) is 67.3 Å². The van der Waals surface area contributed by atoms with Gasteiger partial charge in [0.15, 0.2) is 10.8 Å². The Hall–Kier alpha value is -3.27. The van der Waals surface area contributed by atoms with Crippen molar-refractivity contribution in [2.75, 3.05) is 23.3 Å². The first-order valence-corrected chi connectivity index (χ1v) is 13.1. The summed E-state index contributed by atoms with van der Waals surface area (Å²) in [6.07, 6.45) is 0.310. The van der Waals surface area contributed by atoms with Gasteiger partial charge in [-0.25, -0.2) is 9.78 Å². The van der Waals surface area contributed by atoms with Crippen LogP contribution in [-0.2, 0) is 25.6 Å². The van der Waals surface area contributed by atoms with Crippen LogP contribution in [0.1, 0.15) is 16.8 Å². The van der Waals surface area contributed by atoms with Crippen LogP contribution in [0, 0.1) is 6.92 Å². The molecule has 2 unspecified atom stereocenters. The van der Waals surface area contributed by atoms with Crippen molar-refractivity contribution < 1.29 is 28.9 Å². The zero-order valence-electron chi connectivity index (χ0n) is 19.0. The number of aromatic nitrogens is 1. The minimum atomic E-state index is -1.22. The average molecular weight is 551 g/mol. The van der Waals surface area contributed by atoms with Crippen molar-refractivity contribution in [1.82, 2.24) is 15.2 Å². The van der Waals surface area contributed by atoms with E-state index in [1.54, 1.807) is 5.38 Å². The Morgan fingerprint density at radius 1 is 1.39 bits per heavy atom. The second-order valence-electron chi connectivity index (χ2n) is 7.89. The quantitative estimate of drug-likeness (QED) is 0.101. The van der Waals surface area contributed by atoms with Crippen LogP contribution < -0.4 is 15.8 Å². The number of nitrogens with zero attached hydrogens (tertiary/aromatic N) is 3. The van der Waals surface area contributed by atoms with E-state index < -0.39 is 29.2 Å². The second-order valence-corrected chi connectivity index (χ2v) is 10.3. The lowest BCUT2D eigenvalue weighted by molar-refractivity contribution is -0.150. The van der Waals surface area contributed by atoms with E-state index in [1.165, 1.54) is 23.8 Å². The number of hydrogen-bond donors (Lipinski definition) is 5. The van der Waals surface area contributed by atoms with Crippen LogP contribution in [0.2, 0.25) is 0 Å². The summed E-state index contributed by atoms with van der Waals surface area (Å²) < 4.78 is 11.8. The van der Waals surface area contributed by atoms with E-state index >= 15 is 0 Å². The molecule has 0 aliphatic carbocycles. The van der Waals surface area contributed by atoms with Crippen LogP contribution in [0.3, 0.4) is 0 Å². The van der Waals surface area contributed by atoms with Gasteiger partial charge < -0.3 is 30.3 Å². The molecule has 12 nitrogen and oxygen atoms in total. The largest absolute Gasteiger partial charge is 0.477 e. The highest BCUT2D eigenvalue weighted by Gasteiger charge is 2.54. The number of aryl methyl sites for hydroxylation is 1. The van der Waals surface area contributed by atoms with Gasteiger partial charge in [-0.1, -0.05) is 11.2 Å². The number of nitrogen functional groups attached to an aromatic ring is 1. The van der Waals surface area contributed by atoms with Crippen molar-refractivity contribution in [3.8, 4) is 0 Å². The molecule has 0 radical (unpaired) electrons. The summed E-state index contributed by atoms with van der Waals surface area (Å²) in [5.74, 6) is -2.08. The standard InChI is InChI=1S/C21H22N6O6S3/c1-9-3-10(6-12(4-9)26-36-32)5-11-7-34-19-15(18(29)27(19)16(11)20(30)31)24-17(28)14(25-33-2)13-8-35-21(22)23-13/h3-4,6,8,15,19,26,32H,5,7H2,1-2H3,(H2,22,23)(H,24,28)(H,30,31)/b25-14-. The first kappa shape index (κ1) is 25.8. The molecule has 1 aromatic heterocycles. The van der Waals surface area contributed by atoms with Crippen molar-refractivity contribution in [2.45, 2.75) is 24.8 Å². The molecule has 1 saturated heterocycles. The number of benzene rings is 1. The number of carboxylic acid groups (broad SMARTS) is 1. The number of anilines is 2. The predicted octanol–water partition coefficient (Wildman–Crippen LogP) is 1.90. The number of amides is 2. The summed E-state index contributed by atoms with van der Waals surface area (Å²) in [5.41, 5.74) is 8.64. The zero-order chi connectivity index (χ0) is 26.0. The smallest absolute Gasteiger partial charge is 0.352 e. The highest BCUT2D eigenvalue weighted by Crippen LogP contribution is 2.41. The van der Waals surface area contributed by atoms with Gasteiger partial charge in [-0.15, -0.1) is 23.1 Å². The number of nitrogens with two attached hydrogens (primary N) is 1. The van der Waals surface area contributed by atoms with Crippen LogP contribution in [0.5, 0.6) is 0 Å². The first-order chi connectivity index (χ1) is 17.2. The van der Waals surface area contributed by atoms with Gasteiger partial charge in [0.1, 0.15) is 42.1 Å². The average Bonchev–Trinajstić information content (AvgIpc) is 3.25. The summed E-state index contributed by atoms with van der Waals surface area (Å²) in [6, 6.07) is 4.63. The molecule has 2 amide bonds. The lowest BCUT2D eigenvalue weighted by Gasteiger charge is -2.49. The fourth-order valence-electron chi connectivity index (χ4n) is 4.04.